The molecule has 150 valence electrons. The summed E-state index contributed by atoms with van der Waals surface area (Å²) in [7, 11) is 0. The first-order valence-electron chi connectivity index (χ1n) is 10.6. The molecule has 0 heterocycles. The van der Waals surface area contributed by atoms with Crippen molar-refractivity contribution in [2.24, 2.45) is 0 Å². The van der Waals surface area contributed by atoms with E-state index >= 15 is 0 Å². The molecule has 0 radical (unpaired) electrons. The molecule has 4 aromatic rings. The number of hydrogen-bond donors (Lipinski definition) is 0. The Labute approximate surface area is 181 Å². The highest BCUT2D eigenvalue weighted by Crippen LogP contribution is 2.62. The van der Waals surface area contributed by atoms with E-state index in [0.29, 0.717) is 0 Å². The average Bonchev–Trinajstić information content (AvgIpc) is 3.21. The van der Waals surface area contributed by atoms with E-state index in [-0.39, 0.29) is 12.8 Å². The van der Waals surface area contributed by atoms with Gasteiger partial charge in [0.05, 0.1) is 5.41 Å². The molecule has 0 saturated carbocycles. The zero-order valence-electron chi connectivity index (χ0n) is 17.4. The van der Waals surface area contributed by atoms with Crippen molar-refractivity contribution in [3.63, 3.8) is 0 Å². The smallest absolute Gasteiger partial charge is 0.0725 e. The van der Waals surface area contributed by atoms with Gasteiger partial charge < -0.3 is 0 Å². The first-order valence-corrected chi connectivity index (χ1v) is 10.6. The second kappa shape index (κ2) is 7.61. The summed E-state index contributed by atoms with van der Waals surface area (Å²) in [5.41, 5.74) is 12.3. The molecule has 6 rings (SSSR count). The molecule has 2 aliphatic carbocycles. The molecule has 2 aliphatic rings. The molecule has 0 heteroatoms. The highest BCUT2D eigenvalue weighted by Gasteiger charge is 2.51. The first-order chi connectivity index (χ1) is 14.2. The maximum Gasteiger partial charge on any atom is 0.0725 e. The van der Waals surface area contributed by atoms with Gasteiger partial charge in [0.2, 0.25) is 0 Å². The summed E-state index contributed by atoms with van der Waals surface area (Å²) in [6.07, 6.45) is 1.25. The summed E-state index contributed by atoms with van der Waals surface area (Å²) in [6, 6.07) is 33.8. The molecule has 0 fully saturated rings. The van der Waals surface area contributed by atoms with Crippen LogP contribution in [0, 0.1) is 6.92 Å². The van der Waals surface area contributed by atoms with Gasteiger partial charge in [0.1, 0.15) is 0 Å². The Hall–Kier alpha value is -3.12. The summed E-state index contributed by atoms with van der Waals surface area (Å²) < 4.78 is 0. The van der Waals surface area contributed by atoms with Gasteiger partial charge in [0.15, 0.2) is 0 Å². The minimum atomic E-state index is -0.189. The van der Waals surface area contributed by atoms with Crippen LogP contribution in [0.3, 0.4) is 0 Å². The molecule has 0 bridgehead atoms. The van der Waals surface area contributed by atoms with Crippen LogP contribution in [0.1, 0.15) is 55.5 Å². The zero-order chi connectivity index (χ0) is 20.0. The van der Waals surface area contributed by atoms with Crippen molar-refractivity contribution in [1.29, 1.82) is 0 Å². The van der Waals surface area contributed by atoms with E-state index in [1.807, 2.05) is 0 Å². The number of aryl methyl sites for hydroxylation is 1. The average molecular weight is 391 g/mol. The first kappa shape index (κ1) is 20.2. The van der Waals surface area contributed by atoms with Crippen LogP contribution in [0.4, 0.5) is 0 Å². The van der Waals surface area contributed by atoms with Crippen molar-refractivity contribution in [3.05, 3.63) is 119 Å². The molecule has 0 unspecified atom stereocenters. The summed E-state index contributed by atoms with van der Waals surface area (Å²) in [6.45, 7) is 6.45. The standard InChI is InChI=1S/C26H18.C3H8.CH4/c1-17-14-15-21-20-10-4-7-13-24(20)26(25(21)16-17)22-11-5-2-8-18(22)19-9-3-6-12-23(19)26;1-3-2;/h2-16H,1H3;3H2,1-2H3;1H4. The van der Waals surface area contributed by atoms with E-state index in [1.54, 1.807) is 0 Å². The van der Waals surface area contributed by atoms with Gasteiger partial charge in [-0.25, -0.2) is 0 Å². The zero-order valence-corrected chi connectivity index (χ0v) is 17.4. The number of fused-ring (bicyclic) bond motifs is 10. The summed E-state index contributed by atoms with van der Waals surface area (Å²) >= 11 is 0. The van der Waals surface area contributed by atoms with E-state index in [2.05, 4.69) is 112 Å². The highest BCUT2D eigenvalue weighted by atomic mass is 14.5. The van der Waals surface area contributed by atoms with Crippen molar-refractivity contribution in [1.82, 2.24) is 0 Å². The molecule has 4 aromatic carbocycles. The number of benzene rings is 4. The minimum absolute atomic E-state index is 0. The lowest BCUT2D eigenvalue weighted by Crippen LogP contribution is -2.25. The van der Waals surface area contributed by atoms with Gasteiger partial charge in [-0.05, 0) is 51.4 Å². The van der Waals surface area contributed by atoms with Gasteiger partial charge in [-0.1, -0.05) is 124 Å². The Morgan fingerprint density at radius 3 is 1.33 bits per heavy atom. The Balaban J connectivity index is 0.000000516. The molecular formula is C30H30. The largest absolute Gasteiger partial charge is 0.0776 e. The van der Waals surface area contributed by atoms with Gasteiger partial charge in [0, 0.05) is 0 Å². The second-order valence-corrected chi connectivity index (χ2v) is 8.14. The van der Waals surface area contributed by atoms with Gasteiger partial charge in [-0.3, -0.25) is 0 Å². The van der Waals surface area contributed by atoms with Gasteiger partial charge in [-0.2, -0.15) is 0 Å². The van der Waals surface area contributed by atoms with E-state index in [9.17, 15) is 0 Å². The van der Waals surface area contributed by atoms with Crippen LogP contribution in [0.5, 0.6) is 0 Å². The molecule has 0 nitrogen and oxygen atoms in total. The van der Waals surface area contributed by atoms with E-state index < -0.39 is 0 Å². The summed E-state index contributed by atoms with van der Waals surface area (Å²) in [5.74, 6) is 0. The lowest BCUT2D eigenvalue weighted by atomic mass is 9.70. The van der Waals surface area contributed by atoms with Crippen molar-refractivity contribution in [2.75, 3.05) is 0 Å². The van der Waals surface area contributed by atoms with Crippen LogP contribution in [0.25, 0.3) is 22.3 Å². The van der Waals surface area contributed by atoms with E-state index in [1.165, 1.54) is 56.5 Å². The fourth-order valence-corrected chi connectivity index (χ4v) is 5.21. The van der Waals surface area contributed by atoms with E-state index in [0.717, 1.165) is 0 Å². The lowest BCUT2D eigenvalue weighted by molar-refractivity contribution is 0.792. The number of rotatable bonds is 0. The monoisotopic (exact) mass is 390 g/mol. The normalized spacial score (nSPS) is 13.3. The summed E-state index contributed by atoms with van der Waals surface area (Å²) in [5, 5.41) is 0. The Morgan fingerprint density at radius 2 is 0.900 bits per heavy atom. The highest BCUT2D eigenvalue weighted by molar-refractivity contribution is 5.94. The molecule has 0 N–H and O–H groups in total. The fraction of sp³-hybridized carbons (Fsp3) is 0.200. The van der Waals surface area contributed by atoms with Crippen LogP contribution in [0.15, 0.2) is 91.0 Å². The topological polar surface area (TPSA) is 0 Å². The van der Waals surface area contributed by atoms with Crippen LogP contribution in [-0.4, -0.2) is 0 Å². The molecular weight excluding hydrogens is 360 g/mol. The van der Waals surface area contributed by atoms with Crippen molar-refractivity contribution in [3.8, 4) is 22.3 Å². The van der Waals surface area contributed by atoms with Crippen molar-refractivity contribution < 1.29 is 0 Å². The third-order valence-corrected chi connectivity index (χ3v) is 6.15. The maximum absolute atomic E-state index is 2.40. The quantitative estimate of drug-likeness (QED) is 0.244. The molecule has 0 aliphatic heterocycles. The van der Waals surface area contributed by atoms with Crippen LogP contribution in [-0.2, 0) is 5.41 Å². The molecule has 30 heavy (non-hydrogen) atoms. The SMILES string of the molecule is C.CCC.Cc1ccc2c(c1)C1(c3ccccc3-c3ccccc31)c1ccccc1-2. The van der Waals surface area contributed by atoms with E-state index in [4.69, 9.17) is 0 Å². The second-order valence-electron chi connectivity index (χ2n) is 8.14. The number of hydrogen-bond acceptors (Lipinski definition) is 0. The third kappa shape index (κ3) is 2.53. The third-order valence-electron chi connectivity index (χ3n) is 6.15. The van der Waals surface area contributed by atoms with Gasteiger partial charge in [0.25, 0.3) is 0 Å². The fourth-order valence-electron chi connectivity index (χ4n) is 5.21. The van der Waals surface area contributed by atoms with Crippen LogP contribution < -0.4 is 0 Å². The lowest BCUT2D eigenvalue weighted by Gasteiger charge is -2.30. The summed E-state index contributed by atoms with van der Waals surface area (Å²) in [4.78, 5) is 0. The van der Waals surface area contributed by atoms with Crippen molar-refractivity contribution >= 4 is 0 Å². The van der Waals surface area contributed by atoms with Gasteiger partial charge >= 0.3 is 0 Å². The molecule has 0 saturated heterocycles. The Bertz CT molecular complexity index is 1150. The molecule has 1 spiro atoms. The van der Waals surface area contributed by atoms with Crippen LogP contribution in [0.2, 0.25) is 0 Å². The van der Waals surface area contributed by atoms with Crippen LogP contribution >= 0.6 is 0 Å². The Morgan fingerprint density at radius 1 is 0.533 bits per heavy atom. The predicted octanol–water partition coefficient (Wildman–Crippen LogP) is 8.39. The minimum Gasteiger partial charge on any atom is -0.0776 e. The Kier molecular flexibility index (Phi) is 5.12. The van der Waals surface area contributed by atoms with Crippen molar-refractivity contribution in [2.45, 2.75) is 40.0 Å². The molecule has 0 aromatic heterocycles. The molecule has 0 atom stereocenters. The predicted molar refractivity (Wildman–Crippen MR) is 130 cm³/mol. The maximum atomic E-state index is 2.40. The van der Waals surface area contributed by atoms with Gasteiger partial charge in [-0.15, -0.1) is 0 Å². The molecule has 0 amide bonds.